The maximum atomic E-state index is 12.5. The van der Waals surface area contributed by atoms with E-state index in [0.717, 1.165) is 11.3 Å². The van der Waals surface area contributed by atoms with Gasteiger partial charge in [0.1, 0.15) is 4.21 Å². The molecule has 1 heterocycles. The van der Waals surface area contributed by atoms with E-state index in [-0.39, 0.29) is 26.4 Å². The van der Waals surface area contributed by atoms with Gasteiger partial charge in [-0.2, -0.15) is 0 Å². The molecular formula is C16H17NO5S2. The molecule has 128 valence electrons. The Morgan fingerprint density at radius 2 is 1.83 bits per heavy atom. The number of amides is 1. The first-order valence-corrected chi connectivity index (χ1v) is 9.53. The Bertz CT molecular complexity index is 827. The van der Waals surface area contributed by atoms with Crippen LogP contribution < -0.4 is 5.32 Å². The van der Waals surface area contributed by atoms with E-state index in [1.54, 1.807) is 25.1 Å². The number of carboxylic acid groups (broad SMARTS) is 1. The van der Waals surface area contributed by atoms with E-state index in [1.165, 1.54) is 24.3 Å². The first-order chi connectivity index (χ1) is 11.3. The molecule has 0 fully saturated rings. The smallest absolute Gasteiger partial charge is 0.303 e. The highest BCUT2D eigenvalue weighted by atomic mass is 32.2. The minimum Gasteiger partial charge on any atom is -0.481 e. The van der Waals surface area contributed by atoms with Crippen LogP contribution in [0.3, 0.4) is 0 Å². The number of rotatable bonds is 7. The predicted molar refractivity (Wildman–Crippen MR) is 90.0 cm³/mol. The zero-order valence-electron chi connectivity index (χ0n) is 12.9. The van der Waals surface area contributed by atoms with Crippen molar-refractivity contribution in [1.29, 1.82) is 0 Å². The predicted octanol–water partition coefficient (Wildman–Crippen LogP) is 2.56. The van der Waals surface area contributed by atoms with E-state index >= 15 is 0 Å². The lowest BCUT2D eigenvalue weighted by Gasteiger charge is -2.11. The van der Waals surface area contributed by atoms with Crippen LogP contribution in [0.1, 0.15) is 29.4 Å². The Balaban J connectivity index is 2.10. The molecule has 8 heteroatoms. The second kappa shape index (κ2) is 7.59. The van der Waals surface area contributed by atoms with Gasteiger partial charge in [-0.1, -0.05) is 18.2 Å². The second-order valence-corrected chi connectivity index (χ2v) is 8.50. The second-order valence-electron chi connectivity index (χ2n) is 5.24. The highest BCUT2D eigenvalue weighted by molar-refractivity contribution is 7.93. The number of thiophene rings is 1. The SMILES string of the molecule is CC(CCC(=O)O)NC(=O)c1ccc(S(=O)(=O)c2ccccc2)s1. The van der Waals surface area contributed by atoms with Gasteiger partial charge in [0.25, 0.3) is 5.91 Å². The third-order valence-corrected chi connectivity index (χ3v) is 6.64. The Hall–Kier alpha value is -2.19. The lowest BCUT2D eigenvalue weighted by Crippen LogP contribution is -2.32. The molecular weight excluding hydrogens is 350 g/mol. The highest BCUT2D eigenvalue weighted by Gasteiger charge is 2.22. The standard InChI is InChI=1S/C16H17NO5S2/c1-11(7-9-14(18)19)17-16(20)13-8-10-15(23-13)24(21,22)12-5-3-2-4-6-12/h2-6,8,10-11H,7,9H2,1H3,(H,17,20)(H,18,19). The van der Waals surface area contributed by atoms with Crippen molar-refractivity contribution in [3.8, 4) is 0 Å². The van der Waals surface area contributed by atoms with Crippen LogP contribution in [0.4, 0.5) is 0 Å². The van der Waals surface area contributed by atoms with E-state index in [9.17, 15) is 18.0 Å². The van der Waals surface area contributed by atoms with Gasteiger partial charge < -0.3 is 10.4 Å². The maximum Gasteiger partial charge on any atom is 0.303 e. The van der Waals surface area contributed by atoms with Crippen LogP contribution in [0.15, 0.2) is 51.6 Å². The summed E-state index contributed by atoms with van der Waals surface area (Å²) in [4.78, 5) is 23.1. The van der Waals surface area contributed by atoms with E-state index in [2.05, 4.69) is 5.32 Å². The van der Waals surface area contributed by atoms with Crippen molar-refractivity contribution in [2.75, 3.05) is 0 Å². The van der Waals surface area contributed by atoms with Crippen molar-refractivity contribution < 1.29 is 23.1 Å². The van der Waals surface area contributed by atoms with Gasteiger partial charge in [0.15, 0.2) is 0 Å². The fraction of sp³-hybridized carbons (Fsp3) is 0.250. The summed E-state index contributed by atoms with van der Waals surface area (Å²) in [5.41, 5.74) is 0. The quantitative estimate of drug-likeness (QED) is 0.783. The number of sulfone groups is 1. The van der Waals surface area contributed by atoms with E-state index in [0.29, 0.717) is 6.42 Å². The molecule has 0 aliphatic carbocycles. The summed E-state index contributed by atoms with van der Waals surface area (Å²) < 4.78 is 25.1. The molecule has 1 aromatic carbocycles. The third-order valence-electron chi connectivity index (χ3n) is 3.29. The van der Waals surface area contributed by atoms with Gasteiger partial charge in [0.05, 0.1) is 9.77 Å². The van der Waals surface area contributed by atoms with Gasteiger partial charge >= 0.3 is 5.97 Å². The fourth-order valence-corrected chi connectivity index (χ4v) is 4.64. The molecule has 0 saturated carbocycles. The van der Waals surface area contributed by atoms with Crippen molar-refractivity contribution in [1.82, 2.24) is 5.32 Å². The molecule has 0 bridgehead atoms. The van der Waals surface area contributed by atoms with E-state index in [4.69, 9.17) is 5.11 Å². The molecule has 2 rings (SSSR count). The van der Waals surface area contributed by atoms with Crippen LogP contribution >= 0.6 is 11.3 Å². The number of nitrogens with one attached hydrogen (secondary N) is 1. The lowest BCUT2D eigenvalue weighted by atomic mass is 10.2. The van der Waals surface area contributed by atoms with Crippen molar-refractivity contribution in [3.63, 3.8) is 0 Å². The summed E-state index contributed by atoms with van der Waals surface area (Å²) in [6.45, 7) is 1.70. The first kappa shape index (κ1) is 18.2. The van der Waals surface area contributed by atoms with Crippen LogP contribution in [0, 0.1) is 0 Å². The molecule has 0 aliphatic rings. The molecule has 2 aromatic rings. The number of aliphatic carboxylic acids is 1. The molecule has 0 radical (unpaired) electrons. The highest BCUT2D eigenvalue weighted by Crippen LogP contribution is 2.27. The largest absolute Gasteiger partial charge is 0.481 e. The average Bonchev–Trinajstić information content (AvgIpc) is 3.04. The Labute approximate surface area is 144 Å². The topological polar surface area (TPSA) is 101 Å². The molecule has 1 atom stereocenters. The number of carbonyl (C=O) groups excluding carboxylic acids is 1. The zero-order valence-corrected chi connectivity index (χ0v) is 14.6. The number of hydrogen-bond acceptors (Lipinski definition) is 5. The molecule has 6 nitrogen and oxygen atoms in total. The number of hydrogen-bond donors (Lipinski definition) is 2. The first-order valence-electron chi connectivity index (χ1n) is 7.23. The lowest BCUT2D eigenvalue weighted by molar-refractivity contribution is -0.137. The summed E-state index contributed by atoms with van der Waals surface area (Å²) in [6, 6.07) is 10.6. The van der Waals surface area contributed by atoms with Crippen LogP contribution in [-0.2, 0) is 14.6 Å². The van der Waals surface area contributed by atoms with Crippen LogP contribution in [0.25, 0.3) is 0 Å². The average molecular weight is 367 g/mol. The fourth-order valence-electron chi connectivity index (χ4n) is 2.01. The van der Waals surface area contributed by atoms with Crippen molar-refractivity contribution >= 4 is 33.1 Å². The van der Waals surface area contributed by atoms with Crippen molar-refractivity contribution in [2.45, 2.75) is 34.9 Å². The number of benzene rings is 1. The van der Waals surface area contributed by atoms with Crippen LogP contribution in [0.5, 0.6) is 0 Å². The number of carboxylic acids is 1. The van der Waals surface area contributed by atoms with Gasteiger partial charge in [-0.05, 0) is 37.6 Å². The zero-order chi connectivity index (χ0) is 17.7. The third kappa shape index (κ3) is 4.42. The Morgan fingerprint density at radius 3 is 2.46 bits per heavy atom. The van der Waals surface area contributed by atoms with Gasteiger partial charge in [-0.15, -0.1) is 11.3 Å². The van der Waals surface area contributed by atoms with E-state index < -0.39 is 21.7 Å². The molecule has 24 heavy (non-hydrogen) atoms. The van der Waals surface area contributed by atoms with Gasteiger partial charge in [0, 0.05) is 12.5 Å². The minimum atomic E-state index is -3.64. The maximum absolute atomic E-state index is 12.5. The molecule has 1 amide bonds. The van der Waals surface area contributed by atoms with Gasteiger partial charge in [-0.25, -0.2) is 8.42 Å². The monoisotopic (exact) mass is 367 g/mol. The molecule has 0 spiro atoms. The van der Waals surface area contributed by atoms with Crippen LogP contribution in [-0.4, -0.2) is 31.4 Å². The van der Waals surface area contributed by atoms with E-state index in [1.807, 2.05) is 0 Å². The summed E-state index contributed by atoms with van der Waals surface area (Å²) in [7, 11) is -3.64. The number of carbonyl (C=O) groups is 2. The minimum absolute atomic E-state index is 0.0421. The van der Waals surface area contributed by atoms with Gasteiger partial charge in [-0.3, -0.25) is 9.59 Å². The molecule has 0 saturated heterocycles. The summed E-state index contributed by atoms with van der Waals surface area (Å²) in [6.07, 6.45) is 0.265. The molecule has 1 unspecified atom stereocenters. The normalized spacial score (nSPS) is 12.5. The molecule has 1 aromatic heterocycles. The van der Waals surface area contributed by atoms with Crippen molar-refractivity contribution in [2.24, 2.45) is 0 Å². The van der Waals surface area contributed by atoms with Crippen molar-refractivity contribution in [3.05, 3.63) is 47.3 Å². The Morgan fingerprint density at radius 1 is 1.17 bits per heavy atom. The molecule has 0 aliphatic heterocycles. The van der Waals surface area contributed by atoms with Gasteiger partial charge in [0.2, 0.25) is 9.84 Å². The Kier molecular flexibility index (Phi) is 5.74. The summed E-state index contributed by atoms with van der Waals surface area (Å²) in [5, 5.41) is 11.3. The molecule has 2 N–H and O–H groups in total. The van der Waals surface area contributed by atoms with Crippen LogP contribution in [0.2, 0.25) is 0 Å². The summed E-state index contributed by atoms with van der Waals surface area (Å²) >= 11 is 0.893. The summed E-state index contributed by atoms with van der Waals surface area (Å²) in [5.74, 6) is -1.34.